The molecule has 4 atom stereocenters. The van der Waals surface area contributed by atoms with Crippen LogP contribution in [0.3, 0.4) is 0 Å². The average Bonchev–Trinajstić information content (AvgIpc) is 3.27. The molecule has 19 heteroatoms. The number of aliphatic hydroxyl groups is 1. The number of hydrogen-bond donors (Lipinski definition) is 6. The van der Waals surface area contributed by atoms with E-state index >= 15 is 0 Å². The molecule has 1 aromatic rings. The summed E-state index contributed by atoms with van der Waals surface area (Å²) in [7, 11) is -2.00. The van der Waals surface area contributed by atoms with Crippen LogP contribution >= 0.6 is 29.4 Å². The van der Waals surface area contributed by atoms with Crippen molar-refractivity contribution in [2.45, 2.75) is 94.9 Å². The average molecular weight is 684 g/mol. The molecule has 0 spiro atoms. The third kappa shape index (κ3) is 13.9. The minimum absolute atomic E-state index is 0.00965. The number of carbonyl (C=O) groups is 3. The number of rotatable bonds is 17. The maximum absolute atomic E-state index is 12.9. The molecule has 2 rings (SSSR count). The molecule has 250 valence electrons. The molecule has 2 heterocycles. The third-order valence-corrected chi connectivity index (χ3v) is 9.99. The monoisotopic (exact) mass is 683 g/mol. The molecular weight excluding hydrogens is 641 g/mol. The van der Waals surface area contributed by atoms with Crippen molar-refractivity contribution in [2.75, 3.05) is 19.7 Å². The standard InChI is InChI=1S/C25H42N5O11PS2/c1-16(31)28-23(43-44-25(2,3)4)22(35)27-10-7-5-6-8-19(33)26-11-13-29-20(34)9-12-30(24(29)36)21-14-17(32)18(41-21)15-40-42(37,38)39/h9,12,17-18,21,23,32H,5-8,10-11,13-15H2,1-4H3,(H,26,33)(H,27,35)(H,28,31)(H2,37,38,39). The van der Waals surface area contributed by atoms with Crippen molar-refractivity contribution >= 4 is 47.1 Å². The van der Waals surface area contributed by atoms with Crippen LogP contribution in [0.25, 0.3) is 0 Å². The molecule has 44 heavy (non-hydrogen) atoms. The van der Waals surface area contributed by atoms with E-state index in [1.165, 1.54) is 34.7 Å². The Morgan fingerprint density at radius 3 is 2.50 bits per heavy atom. The second-order valence-electron chi connectivity index (χ2n) is 11.0. The molecule has 1 saturated heterocycles. The van der Waals surface area contributed by atoms with Crippen LogP contribution < -0.4 is 27.2 Å². The molecule has 16 nitrogen and oxygen atoms in total. The van der Waals surface area contributed by atoms with E-state index in [-0.39, 0.29) is 48.4 Å². The Morgan fingerprint density at radius 1 is 1.16 bits per heavy atom. The van der Waals surface area contributed by atoms with Gasteiger partial charge in [0.1, 0.15) is 12.3 Å². The Kier molecular flexibility index (Phi) is 15.1. The van der Waals surface area contributed by atoms with Gasteiger partial charge in [0.15, 0.2) is 5.37 Å². The van der Waals surface area contributed by atoms with Crippen LogP contribution in [0.2, 0.25) is 0 Å². The van der Waals surface area contributed by atoms with Crippen LogP contribution in [0.5, 0.6) is 0 Å². The lowest BCUT2D eigenvalue weighted by molar-refractivity contribution is -0.125. The van der Waals surface area contributed by atoms with Gasteiger partial charge in [-0.05, 0) is 12.8 Å². The van der Waals surface area contributed by atoms with E-state index in [1.807, 2.05) is 20.8 Å². The van der Waals surface area contributed by atoms with E-state index < -0.39 is 49.5 Å². The van der Waals surface area contributed by atoms with Crippen molar-refractivity contribution in [3.05, 3.63) is 33.1 Å². The number of ether oxygens (including phenoxy) is 1. The number of nitrogens with zero attached hydrogens (tertiary/aromatic N) is 2. The van der Waals surface area contributed by atoms with Gasteiger partial charge in [0.25, 0.3) is 11.5 Å². The predicted octanol–water partition coefficient (Wildman–Crippen LogP) is 0.203. The normalized spacial score (nSPS) is 19.4. The van der Waals surface area contributed by atoms with Gasteiger partial charge in [0, 0.05) is 56.4 Å². The molecule has 1 aliphatic rings. The summed E-state index contributed by atoms with van der Waals surface area (Å²) in [5, 5.41) is 17.5. The van der Waals surface area contributed by atoms with Crippen LogP contribution in [0.4, 0.5) is 0 Å². The molecular formula is C25H42N5O11PS2. The molecule has 0 radical (unpaired) electrons. The zero-order valence-electron chi connectivity index (χ0n) is 25.1. The lowest BCUT2D eigenvalue weighted by atomic mass is 10.2. The highest BCUT2D eigenvalue weighted by molar-refractivity contribution is 8.77. The van der Waals surface area contributed by atoms with Gasteiger partial charge in [-0.1, -0.05) is 48.8 Å². The van der Waals surface area contributed by atoms with Gasteiger partial charge >= 0.3 is 13.5 Å². The molecule has 3 amide bonds. The van der Waals surface area contributed by atoms with E-state index in [4.69, 9.17) is 14.5 Å². The molecule has 0 bridgehead atoms. The molecule has 0 aromatic carbocycles. The summed E-state index contributed by atoms with van der Waals surface area (Å²) in [5.74, 6) is -0.861. The zero-order valence-corrected chi connectivity index (χ0v) is 27.6. The maximum Gasteiger partial charge on any atom is 0.469 e. The van der Waals surface area contributed by atoms with Crippen LogP contribution in [-0.2, 0) is 34.8 Å². The molecule has 0 aliphatic carbocycles. The van der Waals surface area contributed by atoms with Gasteiger partial charge in [-0.3, -0.25) is 32.8 Å². The van der Waals surface area contributed by atoms with Crippen molar-refractivity contribution in [1.82, 2.24) is 25.1 Å². The van der Waals surface area contributed by atoms with Gasteiger partial charge in [-0.15, -0.1) is 0 Å². The van der Waals surface area contributed by atoms with Crippen LogP contribution in [0, 0.1) is 0 Å². The Balaban J connectivity index is 1.74. The summed E-state index contributed by atoms with van der Waals surface area (Å²) in [5.41, 5.74) is -1.34. The minimum Gasteiger partial charge on any atom is -0.390 e. The second kappa shape index (κ2) is 17.5. The zero-order chi connectivity index (χ0) is 33.1. The Labute approximate surface area is 262 Å². The number of aliphatic hydroxyl groups excluding tert-OH is 1. The van der Waals surface area contributed by atoms with Crippen molar-refractivity contribution in [3.8, 4) is 0 Å². The molecule has 0 saturated carbocycles. The molecule has 6 N–H and O–H groups in total. The fraction of sp³-hybridized carbons (Fsp3) is 0.720. The molecule has 1 fully saturated rings. The van der Waals surface area contributed by atoms with Gasteiger partial charge in [-0.25, -0.2) is 9.36 Å². The van der Waals surface area contributed by atoms with Crippen LogP contribution in [-0.4, -0.2) is 83.8 Å². The van der Waals surface area contributed by atoms with Gasteiger partial charge in [0.05, 0.1) is 12.7 Å². The summed E-state index contributed by atoms with van der Waals surface area (Å²) in [6, 6.07) is 1.14. The smallest absolute Gasteiger partial charge is 0.390 e. The Morgan fingerprint density at radius 2 is 1.86 bits per heavy atom. The van der Waals surface area contributed by atoms with Crippen molar-refractivity contribution < 1.29 is 43.1 Å². The molecule has 1 aliphatic heterocycles. The van der Waals surface area contributed by atoms with Crippen molar-refractivity contribution in [2.24, 2.45) is 0 Å². The highest BCUT2D eigenvalue weighted by Gasteiger charge is 2.37. The lowest BCUT2D eigenvalue weighted by Gasteiger charge is -2.22. The summed E-state index contributed by atoms with van der Waals surface area (Å²) in [6.45, 7) is 7.08. The highest BCUT2D eigenvalue weighted by Crippen LogP contribution is 2.38. The quantitative estimate of drug-likeness (QED) is 0.0559. The predicted molar refractivity (Wildman–Crippen MR) is 165 cm³/mol. The van der Waals surface area contributed by atoms with E-state index in [0.717, 1.165) is 15.2 Å². The second-order valence-corrected chi connectivity index (χ2v) is 15.4. The summed E-state index contributed by atoms with van der Waals surface area (Å²) < 4.78 is 22.7. The number of carbonyl (C=O) groups excluding carboxylic acids is 3. The van der Waals surface area contributed by atoms with Crippen molar-refractivity contribution in [1.29, 1.82) is 0 Å². The lowest BCUT2D eigenvalue weighted by Crippen LogP contribution is -2.44. The van der Waals surface area contributed by atoms with E-state index in [2.05, 4.69) is 20.5 Å². The number of unbranched alkanes of at least 4 members (excludes halogenated alkanes) is 2. The first kappa shape index (κ1) is 38.0. The van der Waals surface area contributed by atoms with Gasteiger partial charge in [0.2, 0.25) is 11.8 Å². The SMILES string of the molecule is CC(=O)NC(SSC(C)(C)C)C(=O)NCCCCCC(=O)NCCn1c(=O)ccn(C2CC(O)C(COP(=O)(O)O)O2)c1=O. The van der Waals surface area contributed by atoms with E-state index in [1.54, 1.807) is 0 Å². The van der Waals surface area contributed by atoms with E-state index in [0.29, 0.717) is 25.8 Å². The first-order valence-electron chi connectivity index (χ1n) is 14.0. The number of nitrogens with one attached hydrogen (secondary N) is 3. The first-order chi connectivity index (χ1) is 20.5. The first-order valence-corrected chi connectivity index (χ1v) is 17.7. The Hall–Kier alpha value is -2.18. The molecule has 4 unspecified atom stereocenters. The summed E-state index contributed by atoms with van der Waals surface area (Å²) in [6.07, 6.45) is -0.0531. The van der Waals surface area contributed by atoms with Gasteiger partial charge in [-0.2, -0.15) is 0 Å². The fourth-order valence-corrected chi connectivity index (χ4v) is 6.63. The maximum atomic E-state index is 12.9. The number of hydrogen-bond acceptors (Lipinski definition) is 11. The third-order valence-electron chi connectivity index (χ3n) is 6.02. The Bertz CT molecular complexity index is 1300. The molecule has 1 aromatic heterocycles. The number of aromatic nitrogens is 2. The number of phosphoric acid groups is 1. The largest absolute Gasteiger partial charge is 0.469 e. The van der Waals surface area contributed by atoms with E-state index in [9.17, 15) is 33.6 Å². The summed E-state index contributed by atoms with van der Waals surface area (Å²) in [4.78, 5) is 79.1. The van der Waals surface area contributed by atoms with Crippen molar-refractivity contribution in [3.63, 3.8) is 0 Å². The minimum atomic E-state index is -4.78. The van der Waals surface area contributed by atoms with Crippen LogP contribution in [0.1, 0.15) is 66.0 Å². The fourth-order valence-electron chi connectivity index (χ4n) is 3.96. The van der Waals surface area contributed by atoms with Gasteiger partial charge < -0.3 is 35.6 Å². The number of amides is 3. The summed E-state index contributed by atoms with van der Waals surface area (Å²) >= 11 is 0. The topological polar surface area (TPSA) is 228 Å². The highest BCUT2D eigenvalue weighted by atomic mass is 33.1. The van der Waals surface area contributed by atoms with Crippen LogP contribution in [0.15, 0.2) is 21.9 Å². The number of phosphoric ester groups is 1.